The number of nitrogens with one attached hydrogen (secondary N) is 2. The van der Waals surface area contributed by atoms with Gasteiger partial charge in [0.05, 0.1) is 6.04 Å². The highest BCUT2D eigenvalue weighted by molar-refractivity contribution is 5.88. The Morgan fingerprint density at radius 1 is 1.17 bits per heavy atom. The van der Waals surface area contributed by atoms with E-state index in [9.17, 15) is 4.79 Å². The first kappa shape index (κ1) is 17.0. The summed E-state index contributed by atoms with van der Waals surface area (Å²) in [6, 6.07) is 12.0. The van der Waals surface area contributed by atoms with E-state index in [1.165, 1.54) is 11.1 Å². The van der Waals surface area contributed by atoms with Crippen molar-refractivity contribution in [1.82, 2.24) is 15.2 Å². The van der Waals surface area contributed by atoms with Gasteiger partial charge in [0.1, 0.15) is 5.82 Å². The van der Waals surface area contributed by atoms with Gasteiger partial charge >= 0.3 is 6.03 Å². The van der Waals surface area contributed by atoms with Crippen LogP contribution in [0.5, 0.6) is 0 Å². The topological polar surface area (TPSA) is 57.3 Å². The van der Waals surface area contributed by atoms with Gasteiger partial charge in [-0.25, -0.2) is 9.78 Å². The summed E-state index contributed by atoms with van der Waals surface area (Å²) in [6.45, 7) is 4.50. The molecule has 0 fully saturated rings. The van der Waals surface area contributed by atoms with Crippen molar-refractivity contribution in [3.05, 3.63) is 59.3 Å². The molecule has 0 bridgehead atoms. The lowest BCUT2D eigenvalue weighted by Crippen LogP contribution is -2.37. The number of amides is 2. The second-order valence-corrected chi connectivity index (χ2v) is 5.89. The van der Waals surface area contributed by atoms with Crippen molar-refractivity contribution >= 4 is 11.8 Å². The standard InChI is InChI=1S/C18H24N4O/c1-13-7-9-15(10-8-13)16(22(3)4)12-20-18(23)21-17-14(2)6-5-11-19-17/h5-11,16H,12H2,1-4H3,(H2,19,20,21,23)/t16-/m0/s1. The third-order valence-corrected chi connectivity index (χ3v) is 3.78. The van der Waals surface area contributed by atoms with Crippen molar-refractivity contribution in [3.8, 4) is 0 Å². The summed E-state index contributed by atoms with van der Waals surface area (Å²) in [4.78, 5) is 18.4. The van der Waals surface area contributed by atoms with E-state index in [2.05, 4.69) is 51.7 Å². The number of likely N-dealkylation sites (N-methyl/N-ethyl adjacent to an activating group) is 1. The van der Waals surface area contributed by atoms with Crippen LogP contribution in [0.3, 0.4) is 0 Å². The molecule has 1 aromatic carbocycles. The van der Waals surface area contributed by atoms with E-state index < -0.39 is 0 Å². The van der Waals surface area contributed by atoms with Gasteiger partial charge in [-0.3, -0.25) is 5.32 Å². The molecule has 1 aromatic heterocycles. The maximum atomic E-state index is 12.1. The molecule has 0 aliphatic carbocycles. The predicted octanol–water partition coefficient (Wildman–Crippen LogP) is 3.12. The van der Waals surface area contributed by atoms with Gasteiger partial charge < -0.3 is 10.2 Å². The Hall–Kier alpha value is -2.40. The molecule has 0 aliphatic rings. The van der Waals surface area contributed by atoms with Gasteiger partial charge in [0.25, 0.3) is 0 Å². The van der Waals surface area contributed by atoms with Crippen molar-refractivity contribution in [1.29, 1.82) is 0 Å². The number of rotatable bonds is 5. The normalized spacial score (nSPS) is 12.0. The smallest absolute Gasteiger partial charge is 0.320 e. The zero-order valence-electron chi connectivity index (χ0n) is 14.1. The molecule has 2 aromatic rings. The van der Waals surface area contributed by atoms with Crippen LogP contribution in [-0.4, -0.2) is 36.6 Å². The molecule has 0 aliphatic heterocycles. The molecule has 5 heteroatoms. The number of nitrogens with zero attached hydrogens (tertiary/aromatic N) is 2. The molecule has 5 nitrogen and oxygen atoms in total. The summed E-state index contributed by atoms with van der Waals surface area (Å²) in [5.41, 5.74) is 3.34. The fourth-order valence-corrected chi connectivity index (χ4v) is 2.34. The van der Waals surface area contributed by atoms with Gasteiger partial charge in [0.15, 0.2) is 0 Å². The molecular formula is C18H24N4O. The fraction of sp³-hybridized carbons (Fsp3) is 0.333. The van der Waals surface area contributed by atoms with Gasteiger partial charge in [-0.2, -0.15) is 0 Å². The second kappa shape index (κ2) is 7.74. The lowest BCUT2D eigenvalue weighted by molar-refractivity contribution is 0.243. The Bertz CT molecular complexity index is 652. The van der Waals surface area contributed by atoms with Crippen molar-refractivity contribution in [2.24, 2.45) is 0 Å². The van der Waals surface area contributed by atoms with Crippen LogP contribution < -0.4 is 10.6 Å². The Morgan fingerprint density at radius 2 is 1.87 bits per heavy atom. The third kappa shape index (κ3) is 4.79. The molecule has 0 unspecified atom stereocenters. The van der Waals surface area contributed by atoms with E-state index in [4.69, 9.17) is 0 Å². The van der Waals surface area contributed by atoms with E-state index in [0.717, 1.165) is 5.56 Å². The number of hydrogen-bond acceptors (Lipinski definition) is 3. The molecule has 1 heterocycles. The van der Waals surface area contributed by atoms with Gasteiger partial charge in [0, 0.05) is 12.7 Å². The number of carbonyl (C=O) groups excluding carboxylic acids is 1. The summed E-state index contributed by atoms with van der Waals surface area (Å²) in [5, 5.41) is 5.71. The highest BCUT2D eigenvalue weighted by Gasteiger charge is 2.15. The number of anilines is 1. The van der Waals surface area contributed by atoms with Crippen LogP contribution in [0.25, 0.3) is 0 Å². The fourth-order valence-electron chi connectivity index (χ4n) is 2.34. The highest BCUT2D eigenvalue weighted by atomic mass is 16.2. The van der Waals surface area contributed by atoms with Crippen molar-refractivity contribution in [3.63, 3.8) is 0 Å². The first-order chi connectivity index (χ1) is 11.0. The zero-order valence-corrected chi connectivity index (χ0v) is 14.1. The van der Waals surface area contributed by atoms with Crippen LogP contribution in [-0.2, 0) is 0 Å². The molecule has 0 saturated heterocycles. The van der Waals surface area contributed by atoms with Crippen molar-refractivity contribution in [2.45, 2.75) is 19.9 Å². The molecule has 2 amide bonds. The molecule has 0 spiro atoms. The van der Waals surface area contributed by atoms with Gasteiger partial charge in [-0.15, -0.1) is 0 Å². The lowest BCUT2D eigenvalue weighted by Gasteiger charge is -2.25. The van der Waals surface area contributed by atoms with E-state index in [1.54, 1.807) is 6.20 Å². The first-order valence-corrected chi connectivity index (χ1v) is 7.67. The van der Waals surface area contributed by atoms with Crippen molar-refractivity contribution in [2.75, 3.05) is 26.0 Å². The Morgan fingerprint density at radius 3 is 2.48 bits per heavy atom. The highest BCUT2D eigenvalue weighted by Crippen LogP contribution is 2.18. The van der Waals surface area contributed by atoms with E-state index in [-0.39, 0.29) is 12.1 Å². The Labute approximate surface area is 137 Å². The Balaban J connectivity index is 1.97. The average Bonchev–Trinajstić information content (AvgIpc) is 2.51. The second-order valence-electron chi connectivity index (χ2n) is 5.89. The van der Waals surface area contributed by atoms with Crippen LogP contribution in [0.2, 0.25) is 0 Å². The molecule has 122 valence electrons. The number of aryl methyl sites for hydroxylation is 2. The number of urea groups is 1. The molecule has 0 radical (unpaired) electrons. The Kier molecular flexibility index (Phi) is 5.71. The van der Waals surface area contributed by atoms with E-state index in [0.29, 0.717) is 12.4 Å². The van der Waals surface area contributed by atoms with Crippen LogP contribution >= 0.6 is 0 Å². The van der Waals surface area contributed by atoms with Crippen LogP contribution in [0.1, 0.15) is 22.7 Å². The largest absolute Gasteiger partial charge is 0.336 e. The number of benzene rings is 1. The van der Waals surface area contributed by atoms with E-state index in [1.807, 2.05) is 33.2 Å². The molecule has 2 rings (SSSR count). The minimum atomic E-state index is -0.245. The zero-order chi connectivity index (χ0) is 16.8. The average molecular weight is 312 g/mol. The summed E-state index contributed by atoms with van der Waals surface area (Å²) in [6.07, 6.45) is 1.66. The molecular weight excluding hydrogens is 288 g/mol. The quantitative estimate of drug-likeness (QED) is 0.892. The summed E-state index contributed by atoms with van der Waals surface area (Å²) < 4.78 is 0. The molecule has 1 atom stereocenters. The number of carbonyl (C=O) groups is 1. The first-order valence-electron chi connectivity index (χ1n) is 7.67. The number of aromatic nitrogens is 1. The van der Waals surface area contributed by atoms with Gasteiger partial charge in [-0.05, 0) is 45.1 Å². The monoisotopic (exact) mass is 312 g/mol. The molecule has 2 N–H and O–H groups in total. The van der Waals surface area contributed by atoms with Gasteiger partial charge in [-0.1, -0.05) is 35.9 Å². The maximum absolute atomic E-state index is 12.1. The maximum Gasteiger partial charge on any atom is 0.320 e. The number of hydrogen-bond donors (Lipinski definition) is 2. The number of pyridine rings is 1. The van der Waals surface area contributed by atoms with Gasteiger partial charge in [0.2, 0.25) is 0 Å². The summed E-state index contributed by atoms with van der Waals surface area (Å²) >= 11 is 0. The molecule has 23 heavy (non-hydrogen) atoms. The SMILES string of the molecule is Cc1ccc([C@H](CNC(=O)Nc2ncccc2C)N(C)C)cc1. The van der Waals surface area contributed by atoms with Crippen LogP contribution in [0.4, 0.5) is 10.6 Å². The minimum absolute atomic E-state index is 0.117. The third-order valence-electron chi connectivity index (χ3n) is 3.78. The van der Waals surface area contributed by atoms with Crippen LogP contribution in [0.15, 0.2) is 42.6 Å². The molecule has 0 saturated carbocycles. The minimum Gasteiger partial charge on any atom is -0.336 e. The van der Waals surface area contributed by atoms with Crippen LogP contribution in [0, 0.1) is 13.8 Å². The van der Waals surface area contributed by atoms with E-state index >= 15 is 0 Å². The lowest BCUT2D eigenvalue weighted by atomic mass is 10.0. The summed E-state index contributed by atoms with van der Waals surface area (Å²) in [7, 11) is 4.01. The van der Waals surface area contributed by atoms with Crippen molar-refractivity contribution < 1.29 is 4.79 Å². The predicted molar refractivity (Wildman–Crippen MR) is 93.6 cm³/mol. The summed E-state index contributed by atoms with van der Waals surface area (Å²) in [5.74, 6) is 0.585.